The van der Waals surface area contributed by atoms with Gasteiger partial charge in [0.1, 0.15) is 19.0 Å². The number of hydrogen-bond donors (Lipinski definition) is 2. The predicted octanol–water partition coefficient (Wildman–Crippen LogP) is 3.24. The van der Waals surface area contributed by atoms with Crippen molar-refractivity contribution in [3.05, 3.63) is 59.4 Å². The average Bonchev–Trinajstić information content (AvgIpc) is 2.69. The van der Waals surface area contributed by atoms with Gasteiger partial charge in [0.15, 0.2) is 17.5 Å². The van der Waals surface area contributed by atoms with Crippen molar-refractivity contribution in [2.24, 2.45) is 4.99 Å². The second-order valence-electron chi connectivity index (χ2n) is 7.11. The Labute approximate surface area is 159 Å². The van der Waals surface area contributed by atoms with Crippen LogP contribution in [0.25, 0.3) is 0 Å². The molecule has 0 atom stereocenters. The molecule has 5 nitrogen and oxygen atoms in total. The van der Waals surface area contributed by atoms with Crippen molar-refractivity contribution in [1.29, 1.82) is 0 Å². The predicted molar refractivity (Wildman–Crippen MR) is 105 cm³/mol. The van der Waals surface area contributed by atoms with Crippen LogP contribution in [-0.4, -0.2) is 32.8 Å². The van der Waals surface area contributed by atoms with Gasteiger partial charge in [-0.15, -0.1) is 0 Å². The first-order valence-corrected chi connectivity index (χ1v) is 9.07. The lowest BCUT2D eigenvalue weighted by Crippen LogP contribution is -2.43. The van der Waals surface area contributed by atoms with E-state index in [4.69, 9.17) is 9.47 Å². The molecule has 27 heavy (non-hydrogen) atoms. The van der Waals surface area contributed by atoms with Crippen LogP contribution in [0.5, 0.6) is 11.5 Å². The molecule has 0 fully saturated rings. The molecule has 1 aliphatic heterocycles. The summed E-state index contributed by atoms with van der Waals surface area (Å²) < 4.78 is 25.0. The van der Waals surface area contributed by atoms with Crippen molar-refractivity contribution < 1.29 is 13.9 Å². The number of ether oxygens (including phenoxy) is 2. The summed E-state index contributed by atoms with van der Waals surface area (Å²) in [5, 5.41) is 6.48. The van der Waals surface area contributed by atoms with Crippen molar-refractivity contribution in [3.63, 3.8) is 0 Å². The number of nitrogens with zero attached hydrogens (tertiary/aromatic N) is 1. The molecule has 0 bridgehead atoms. The van der Waals surface area contributed by atoms with Crippen LogP contribution in [0.1, 0.15) is 25.0 Å². The zero-order valence-electron chi connectivity index (χ0n) is 16.0. The Balaban J connectivity index is 1.60. The largest absolute Gasteiger partial charge is 0.486 e. The van der Waals surface area contributed by atoms with Gasteiger partial charge < -0.3 is 20.1 Å². The SMILES string of the molecule is CN=C(NCc1ccccc1F)NCC(C)(C)c1ccc2c(c1)OCCO2. The highest BCUT2D eigenvalue weighted by Gasteiger charge is 2.23. The molecule has 2 aromatic carbocycles. The molecule has 0 unspecified atom stereocenters. The van der Waals surface area contributed by atoms with Crippen LogP contribution in [-0.2, 0) is 12.0 Å². The summed E-state index contributed by atoms with van der Waals surface area (Å²) >= 11 is 0. The smallest absolute Gasteiger partial charge is 0.191 e. The van der Waals surface area contributed by atoms with Crippen LogP contribution >= 0.6 is 0 Å². The number of aliphatic imine (C=N–C) groups is 1. The van der Waals surface area contributed by atoms with Crippen LogP contribution in [0.15, 0.2) is 47.5 Å². The van der Waals surface area contributed by atoms with Gasteiger partial charge in [-0.05, 0) is 23.8 Å². The van der Waals surface area contributed by atoms with Crippen LogP contribution < -0.4 is 20.1 Å². The number of benzene rings is 2. The molecule has 1 heterocycles. The molecule has 0 aromatic heterocycles. The van der Waals surface area contributed by atoms with Crippen molar-refractivity contribution in [2.75, 3.05) is 26.8 Å². The highest BCUT2D eigenvalue weighted by atomic mass is 19.1. The van der Waals surface area contributed by atoms with E-state index in [9.17, 15) is 4.39 Å². The molecule has 144 valence electrons. The fraction of sp³-hybridized carbons (Fsp3) is 0.381. The van der Waals surface area contributed by atoms with E-state index in [1.165, 1.54) is 6.07 Å². The second kappa shape index (κ2) is 8.29. The summed E-state index contributed by atoms with van der Waals surface area (Å²) in [5.41, 5.74) is 1.58. The first-order chi connectivity index (χ1) is 13.0. The first-order valence-electron chi connectivity index (χ1n) is 9.07. The van der Waals surface area contributed by atoms with Gasteiger partial charge in [0.2, 0.25) is 0 Å². The Morgan fingerprint density at radius 1 is 1.07 bits per heavy atom. The standard InChI is InChI=1S/C21H26FN3O2/c1-21(2,16-8-9-18-19(12-16)27-11-10-26-18)14-25-20(23-3)24-13-15-6-4-5-7-17(15)22/h4-9,12H,10-11,13-14H2,1-3H3,(H2,23,24,25). The number of rotatable bonds is 5. The molecule has 0 saturated carbocycles. The van der Waals surface area contributed by atoms with E-state index in [-0.39, 0.29) is 11.2 Å². The Morgan fingerprint density at radius 2 is 1.81 bits per heavy atom. The minimum atomic E-state index is -0.225. The van der Waals surface area contributed by atoms with E-state index in [1.807, 2.05) is 18.2 Å². The monoisotopic (exact) mass is 371 g/mol. The van der Waals surface area contributed by atoms with Crippen molar-refractivity contribution >= 4 is 5.96 Å². The maximum Gasteiger partial charge on any atom is 0.191 e. The zero-order chi connectivity index (χ0) is 19.3. The molecule has 0 aliphatic carbocycles. The van der Waals surface area contributed by atoms with Gasteiger partial charge in [0, 0.05) is 31.1 Å². The van der Waals surface area contributed by atoms with Gasteiger partial charge in [-0.2, -0.15) is 0 Å². The van der Waals surface area contributed by atoms with Crippen molar-refractivity contribution in [1.82, 2.24) is 10.6 Å². The lowest BCUT2D eigenvalue weighted by atomic mass is 9.84. The quantitative estimate of drug-likeness (QED) is 0.626. The molecule has 0 radical (unpaired) electrons. The summed E-state index contributed by atoms with van der Waals surface area (Å²) in [6, 6.07) is 12.8. The number of nitrogens with one attached hydrogen (secondary N) is 2. The third-order valence-corrected chi connectivity index (χ3v) is 4.65. The van der Waals surface area contributed by atoms with Gasteiger partial charge in [0.25, 0.3) is 0 Å². The van der Waals surface area contributed by atoms with Gasteiger partial charge >= 0.3 is 0 Å². The third kappa shape index (κ3) is 4.70. The van der Waals surface area contributed by atoms with Gasteiger partial charge in [0.05, 0.1) is 0 Å². The second-order valence-corrected chi connectivity index (χ2v) is 7.11. The molecule has 1 aliphatic rings. The normalized spacial score (nSPS) is 14.0. The fourth-order valence-electron chi connectivity index (χ4n) is 2.91. The average molecular weight is 371 g/mol. The summed E-state index contributed by atoms with van der Waals surface area (Å²) in [6.45, 7) is 6.48. The van der Waals surface area contributed by atoms with E-state index in [1.54, 1.807) is 19.2 Å². The molecule has 0 amide bonds. The van der Waals surface area contributed by atoms with E-state index in [0.29, 0.717) is 37.8 Å². The van der Waals surface area contributed by atoms with Gasteiger partial charge in [-0.25, -0.2) is 4.39 Å². The van der Waals surface area contributed by atoms with Crippen LogP contribution in [0.2, 0.25) is 0 Å². The van der Waals surface area contributed by atoms with Crippen LogP contribution in [0.3, 0.4) is 0 Å². The summed E-state index contributed by atoms with van der Waals surface area (Å²) in [7, 11) is 1.70. The van der Waals surface area contributed by atoms with Crippen molar-refractivity contribution in [2.45, 2.75) is 25.8 Å². The van der Waals surface area contributed by atoms with Crippen molar-refractivity contribution in [3.8, 4) is 11.5 Å². The van der Waals surface area contributed by atoms with E-state index < -0.39 is 0 Å². The molecule has 3 rings (SSSR count). The lowest BCUT2D eigenvalue weighted by molar-refractivity contribution is 0.171. The highest BCUT2D eigenvalue weighted by molar-refractivity contribution is 5.79. The zero-order valence-corrected chi connectivity index (χ0v) is 16.0. The topological polar surface area (TPSA) is 54.9 Å². The number of guanidine groups is 1. The maximum absolute atomic E-state index is 13.8. The molecular formula is C21H26FN3O2. The lowest BCUT2D eigenvalue weighted by Gasteiger charge is -2.28. The molecule has 6 heteroatoms. The number of fused-ring (bicyclic) bond motifs is 1. The number of halogens is 1. The molecular weight excluding hydrogens is 345 g/mol. The van der Waals surface area contributed by atoms with E-state index >= 15 is 0 Å². The van der Waals surface area contributed by atoms with Gasteiger partial charge in [-0.3, -0.25) is 4.99 Å². The summed E-state index contributed by atoms with van der Waals surface area (Å²) in [6.07, 6.45) is 0. The number of hydrogen-bond acceptors (Lipinski definition) is 3. The first kappa shape index (κ1) is 19.0. The Bertz CT molecular complexity index is 821. The fourth-order valence-corrected chi connectivity index (χ4v) is 2.91. The highest BCUT2D eigenvalue weighted by Crippen LogP contribution is 2.34. The molecule has 2 N–H and O–H groups in total. The Morgan fingerprint density at radius 3 is 2.56 bits per heavy atom. The third-order valence-electron chi connectivity index (χ3n) is 4.65. The molecule has 0 saturated heterocycles. The van der Waals surface area contributed by atoms with Crippen LogP contribution in [0.4, 0.5) is 4.39 Å². The minimum Gasteiger partial charge on any atom is -0.486 e. The molecule has 0 spiro atoms. The molecule has 2 aromatic rings. The summed E-state index contributed by atoms with van der Waals surface area (Å²) in [4.78, 5) is 4.23. The summed E-state index contributed by atoms with van der Waals surface area (Å²) in [5.74, 6) is 1.98. The Kier molecular flexibility index (Phi) is 5.84. The van der Waals surface area contributed by atoms with E-state index in [2.05, 4.69) is 35.5 Å². The Hall–Kier alpha value is -2.76. The van der Waals surface area contributed by atoms with Gasteiger partial charge in [-0.1, -0.05) is 38.1 Å². The minimum absolute atomic E-state index is 0.161. The van der Waals surface area contributed by atoms with Crippen LogP contribution in [0, 0.1) is 5.82 Å². The van der Waals surface area contributed by atoms with E-state index in [0.717, 1.165) is 17.1 Å². The maximum atomic E-state index is 13.8.